The molecule has 1 aliphatic rings. The van der Waals surface area contributed by atoms with Crippen LogP contribution in [0.15, 0.2) is 23.4 Å². The molecule has 0 aliphatic carbocycles. The van der Waals surface area contributed by atoms with Gasteiger partial charge < -0.3 is 25.7 Å². The number of halogens is 1. The van der Waals surface area contributed by atoms with Crippen molar-refractivity contribution >= 4 is 11.5 Å². The second-order valence-corrected chi connectivity index (χ2v) is 4.24. The standard InChI is InChI=1S/C12H16FN3O3/c13-9-2-1-3-10(11(9)12(14)15-18)16-4-5-19-8(6-16)7-17/h1-3,8,17-18H,4-7H2,(H2,14,15). The van der Waals surface area contributed by atoms with Crippen molar-refractivity contribution in [2.45, 2.75) is 6.10 Å². The van der Waals surface area contributed by atoms with Gasteiger partial charge in [0.1, 0.15) is 5.82 Å². The Bertz CT molecular complexity index is 481. The molecule has 19 heavy (non-hydrogen) atoms. The minimum Gasteiger partial charge on any atom is -0.409 e. The predicted octanol–water partition coefficient (Wildman–Crippen LogP) is 0.118. The van der Waals surface area contributed by atoms with Gasteiger partial charge in [0.25, 0.3) is 0 Å². The molecule has 6 nitrogen and oxygen atoms in total. The zero-order chi connectivity index (χ0) is 13.8. The summed E-state index contributed by atoms with van der Waals surface area (Å²) in [5, 5.41) is 20.7. The third-order valence-electron chi connectivity index (χ3n) is 3.04. The van der Waals surface area contributed by atoms with Gasteiger partial charge in [-0.25, -0.2) is 4.39 Å². The number of hydrogen-bond acceptors (Lipinski definition) is 5. The van der Waals surface area contributed by atoms with E-state index < -0.39 is 5.82 Å². The average molecular weight is 269 g/mol. The summed E-state index contributed by atoms with van der Waals surface area (Å²) in [7, 11) is 0. The number of anilines is 1. The Morgan fingerprint density at radius 1 is 1.58 bits per heavy atom. The molecule has 1 saturated heterocycles. The van der Waals surface area contributed by atoms with Crippen LogP contribution >= 0.6 is 0 Å². The lowest BCUT2D eigenvalue weighted by atomic mass is 10.1. The van der Waals surface area contributed by atoms with E-state index in [0.717, 1.165) is 0 Å². The van der Waals surface area contributed by atoms with E-state index in [1.807, 2.05) is 4.90 Å². The number of rotatable bonds is 3. The third kappa shape index (κ3) is 2.77. The Morgan fingerprint density at radius 2 is 2.37 bits per heavy atom. The predicted molar refractivity (Wildman–Crippen MR) is 67.9 cm³/mol. The molecule has 1 unspecified atom stereocenters. The molecule has 0 bridgehead atoms. The largest absolute Gasteiger partial charge is 0.409 e. The third-order valence-corrected chi connectivity index (χ3v) is 3.04. The molecular formula is C12H16FN3O3. The van der Waals surface area contributed by atoms with Crippen LogP contribution in [0.2, 0.25) is 0 Å². The number of aliphatic hydroxyl groups excluding tert-OH is 1. The molecule has 1 fully saturated rings. The van der Waals surface area contributed by atoms with Gasteiger partial charge in [0.2, 0.25) is 0 Å². The molecule has 2 rings (SSSR count). The first-order chi connectivity index (χ1) is 9.17. The maximum Gasteiger partial charge on any atom is 0.175 e. The van der Waals surface area contributed by atoms with Crippen LogP contribution in [0.4, 0.5) is 10.1 Å². The average Bonchev–Trinajstić information content (AvgIpc) is 2.46. The molecule has 0 spiro atoms. The summed E-state index contributed by atoms with van der Waals surface area (Å²) in [6, 6.07) is 4.50. The number of amidine groups is 1. The van der Waals surface area contributed by atoms with Gasteiger partial charge in [0, 0.05) is 13.1 Å². The summed E-state index contributed by atoms with van der Waals surface area (Å²) < 4.78 is 19.2. The van der Waals surface area contributed by atoms with E-state index in [2.05, 4.69) is 5.16 Å². The maximum absolute atomic E-state index is 13.8. The van der Waals surface area contributed by atoms with E-state index in [0.29, 0.717) is 25.4 Å². The summed E-state index contributed by atoms with van der Waals surface area (Å²) in [4.78, 5) is 1.85. The number of benzene rings is 1. The van der Waals surface area contributed by atoms with Crippen LogP contribution in [0.3, 0.4) is 0 Å². The van der Waals surface area contributed by atoms with Crippen molar-refractivity contribution in [1.29, 1.82) is 0 Å². The Morgan fingerprint density at radius 3 is 3.05 bits per heavy atom. The monoisotopic (exact) mass is 269 g/mol. The van der Waals surface area contributed by atoms with Gasteiger partial charge in [-0.2, -0.15) is 0 Å². The Balaban J connectivity index is 2.36. The highest BCUT2D eigenvalue weighted by molar-refractivity contribution is 6.02. The van der Waals surface area contributed by atoms with Gasteiger partial charge in [0.05, 0.1) is 30.6 Å². The van der Waals surface area contributed by atoms with E-state index in [1.54, 1.807) is 12.1 Å². The van der Waals surface area contributed by atoms with Crippen LogP contribution < -0.4 is 10.6 Å². The van der Waals surface area contributed by atoms with E-state index in [9.17, 15) is 4.39 Å². The summed E-state index contributed by atoms with van der Waals surface area (Å²) in [5.74, 6) is -0.833. The fraction of sp³-hybridized carbons (Fsp3) is 0.417. The smallest absolute Gasteiger partial charge is 0.175 e. The molecule has 0 saturated carbocycles. The SMILES string of the molecule is N/C(=N/O)c1c(F)cccc1N1CCOC(CO)C1. The van der Waals surface area contributed by atoms with Crippen LogP contribution in [0, 0.1) is 5.82 Å². The number of nitrogens with two attached hydrogens (primary N) is 1. The lowest BCUT2D eigenvalue weighted by Gasteiger charge is -2.34. The molecule has 1 aliphatic heterocycles. The number of hydrogen-bond donors (Lipinski definition) is 3. The van der Waals surface area contributed by atoms with E-state index in [-0.39, 0.29) is 24.1 Å². The summed E-state index contributed by atoms with van der Waals surface area (Å²) in [6.45, 7) is 1.29. The van der Waals surface area contributed by atoms with Gasteiger partial charge in [-0.15, -0.1) is 0 Å². The molecule has 0 radical (unpaired) electrons. The fourth-order valence-corrected chi connectivity index (χ4v) is 2.13. The Labute approximate surface area is 109 Å². The van der Waals surface area contributed by atoms with Gasteiger partial charge in [-0.05, 0) is 12.1 Å². The summed E-state index contributed by atoms with van der Waals surface area (Å²) >= 11 is 0. The van der Waals surface area contributed by atoms with E-state index in [4.69, 9.17) is 20.8 Å². The van der Waals surface area contributed by atoms with Crippen molar-refractivity contribution in [1.82, 2.24) is 0 Å². The van der Waals surface area contributed by atoms with Crippen LogP contribution in [0.25, 0.3) is 0 Å². The van der Waals surface area contributed by atoms with Crippen molar-refractivity contribution in [3.63, 3.8) is 0 Å². The van der Waals surface area contributed by atoms with Gasteiger partial charge in [0.15, 0.2) is 5.84 Å². The molecule has 1 aromatic rings. The number of aliphatic hydroxyl groups is 1. The van der Waals surface area contributed by atoms with Gasteiger partial charge in [-0.3, -0.25) is 0 Å². The molecule has 0 aromatic heterocycles. The first kappa shape index (κ1) is 13.6. The molecule has 4 N–H and O–H groups in total. The van der Waals surface area contributed by atoms with Crippen molar-refractivity contribution in [3.05, 3.63) is 29.6 Å². The first-order valence-electron chi connectivity index (χ1n) is 5.91. The maximum atomic E-state index is 13.8. The second kappa shape index (κ2) is 5.85. The molecule has 104 valence electrons. The van der Waals surface area contributed by atoms with Crippen molar-refractivity contribution in [3.8, 4) is 0 Å². The highest BCUT2D eigenvalue weighted by Gasteiger charge is 2.24. The second-order valence-electron chi connectivity index (χ2n) is 4.24. The fourth-order valence-electron chi connectivity index (χ4n) is 2.13. The number of morpholine rings is 1. The lowest BCUT2D eigenvalue weighted by Crippen LogP contribution is -2.45. The normalized spacial score (nSPS) is 20.6. The zero-order valence-corrected chi connectivity index (χ0v) is 10.3. The quantitative estimate of drug-likeness (QED) is 0.314. The molecule has 7 heteroatoms. The van der Waals surface area contributed by atoms with Gasteiger partial charge in [-0.1, -0.05) is 11.2 Å². The van der Waals surface area contributed by atoms with Crippen LogP contribution in [-0.2, 0) is 4.74 Å². The minimum atomic E-state index is -0.556. The molecule has 1 heterocycles. The van der Waals surface area contributed by atoms with Crippen molar-refractivity contribution in [2.24, 2.45) is 10.9 Å². The highest BCUT2D eigenvalue weighted by atomic mass is 19.1. The molecular weight excluding hydrogens is 253 g/mol. The number of oxime groups is 1. The van der Waals surface area contributed by atoms with Crippen molar-refractivity contribution in [2.75, 3.05) is 31.2 Å². The Kier molecular flexibility index (Phi) is 4.18. The van der Waals surface area contributed by atoms with Crippen LogP contribution in [-0.4, -0.2) is 48.6 Å². The lowest BCUT2D eigenvalue weighted by molar-refractivity contribution is 0.00354. The van der Waals surface area contributed by atoms with Gasteiger partial charge >= 0.3 is 0 Å². The van der Waals surface area contributed by atoms with Crippen LogP contribution in [0.1, 0.15) is 5.56 Å². The number of nitrogens with zero attached hydrogens (tertiary/aromatic N) is 2. The van der Waals surface area contributed by atoms with E-state index in [1.165, 1.54) is 6.07 Å². The van der Waals surface area contributed by atoms with Crippen LogP contribution in [0.5, 0.6) is 0 Å². The molecule has 0 amide bonds. The Hall–Kier alpha value is -1.86. The first-order valence-corrected chi connectivity index (χ1v) is 5.91. The van der Waals surface area contributed by atoms with E-state index >= 15 is 0 Å². The summed E-state index contributed by atoms with van der Waals surface area (Å²) in [6.07, 6.45) is -0.322. The molecule has 1 aromatic carbocycles. The molecule has 1 atom stereocenters. The number of ether oxygens (including phenoxy) is 1. The topological polar surface area (TPSA) is 91.3 Å². The minimum absolute atomic E-state index is 0.0589. The highest BCUT2D eigenvalue weighted by Crippen LogP contribution is 2.25. The summed E-state index contributed by atoms with van der Waals surface area (Å²) in [5.41, 5.74) is 6.11. The zero-order valence-electron chi connectivity index (χ0n) is 10.3. The van der Waals surface area contributed by atoms with Crippen molar-refractivity contribution < 1.29 is 19.4 Å².